The van der Waals surface area contributed by atoms with Crippen LogP contribution in [0.25, 0.3) is 32.4 Å². The second-order valence-electron chi connectivity index (χ2n) is 6.08. The van der Waals surface area contributed by atoms with Gasteiger partial charge in [-0.1, -0.05) is 12.1 Å². The van der Waals surface area contributed by atoms with Gasteiger partial charge in [0.15, 0.2) is 12.1 Å². The number of rotatable bonds is 4. The normalized spacial score (nSPS) is 11.1. The molecule has 0 unspecified atom stereocenters. The molecule has 0 fully saturated rings. The Balaban J connectivity index is 1.48. The van der Waals surface area contributed by atoms with E-state index < -0.39 is 0 Å². The van der Waals surface area contributed by atoms with Crippen LogP contribution in [0.1, 0.15) is 9.67 Å². The number of H-pyrrole nitrogens is 1. The number of carbonyl (C=O) groups is 1. The summed E-state index contributed by atoms with van der Waals surface area (Å²) in [6.07, 6.45) is 4.40. The van der Waals surface area contributed by atoms with E-state index in [4.69, 9.17) is 0 Å². The number of anilines is 2. The Morgan fingerprint density at radius 1 is 1.04 bits per heavy atom. The summed E-state index contributed by atoms with van der Waals surface area (Å²) in [5.74, 6) is 1.34. The van der Waals surface area contributed by atoms with Crippen molar-refractivity contribution in [3.05, 3.63) is 65.8 Å². The molecule has 6 nitrogen and oxygen atoms in total. The molecule has 3 heterocycles. The lowest BCUT2D eigenvalue weighted by Gasteiger charge is -2.07. The zero-order valence-electron chi connectivity index (χ0n) is 14.0. The van der Waals surface area contributed by atoms with E-state index in [0.717, 1.165) is 38.5 Å². The first-order valence-electron chi connectivity index (χ1n) is 8.31. The monoisotopic (exact) mass is 371 g/mol. The van der Waals surface area contributed by atoms with Gasteiger partial charge in [0, 0.05) is 27.5 Å². The number of fused-ring (bicyclic) bond motifs is 2. The molecule has 0 spiro atoms. The summed E-state index contributed by atoms with van der Waals surface area (Å²) in [6, 6.07) is 15.7. The molecule has 2 aromatic carbocycles. The number of aromatic nitrogens is 4. The highest BCUT2D eigenvalue weighted by molar-refractivity contribution is 7.20. The largest absolute Gasteiger partial charge is 0.340 e. The van der Waals surface area contributed by atoms with Crippen molar-refractivity contribution >= 4 is 50.1 Å². The van der Waals surface area contributed by atoms with Crippen molar-refractivity contribution in [1.82, 2.24) is 20.2 Å². The molecule has 0 atom stereocenters. The summed E-state index contributed by atoms with van der Waals surface area (Å²) in [6.45, 7) is 0. The van der Waals surface area contributed by atoms with Crippen LogP contribution in [0.5, 0.6) is 0 Å². The number of nitrogens with one attached hydrogen (secondary N) is 2. The molecule has 5 aromatic rings. The van der Waals surface area contributed by atoms with Crippen molar-refractivity contribution in [1.29, 1.82) is 0 Å². The number of hydrogen-bond donors (Lipinski definition) is 2. The standard InChI is InChI=1S/C20H13N5OS/c26-11-16-8-12-1-2-13(9-18(12)27-16)20-21-6-5-19(24-20)23-15-3-4-17-14(7-15)10-22-25-17/h1-11H,(H,22,25)(H,21,23,24). The van der Waals surface area contributed by atoms with Gasteiger partial charge in [0.25, 0.3) is 0 Å². The van der Waals surface area contributed by atoms with Gasteiger partial charge in [-0.05, 0) is 41.8 Å². The molecule has 0 saturated heterocycles. The first kappa shape index (κ1) is 15.7. The van der Waals surface area contributed by atoms with Crippen molar-refractivity contribution in [2.45, 2.75) is 0 Å². The summed E-state index contributed by atoms with van der Waals surface area (Å²) < 4.78 is 1.04. The van der Waals surface area contributed by atoms with Crippen LogP contribution in [-0.4, -0.2) is 26.5 Å². The lowest BCUT2D eigenvalue weighted by atomic mass is 10.1. The molecule has 27 heavy (non-hydrogen) atoms. The third-order valence-corrected chi connectivity index (χ3v) is 5.30. The minimum atomic E-state index is 0.632. The van der Waals surface area contributed by atoms with Crippen LogP contribution < -0.4 is 5.32 Å². The minimum Gasteiger partial charge on any atom is -0.340 e. The van der Waals surface area contributed by atoms with Crippen LogP contribution in [0.4, 0.5) is 11.5 Å². The van der Waals surface area contributed by atoms with E-state index in [1.54, 1.807) is 12.4 Å². The average Bonchev–Trinajstić information content (AvgIpc) is 3.33. The molecule has 0 amide bonds. The SMILES string of the molecule is O=Cc1cc2ccc(-c3nccc(Nc4ccc5[nH]ncc5c4)n3)cc2s1. The zero-order valence-corrected chi connectivity index (χ0v) is 14.8. The summed E-state index contributed by atoms with van der Waals surface area (Å²) in [7, 11) is 0. The summed E-state index contributed by atoms with van der Waals surface area (Å²) in [4.78, 5) is 20.7. The Kier molecular flexibility index (Phi) is 3.65. The van der Waals surface area contributed by atoms with Gasteiger partial charge in [-0.2, -0.15) is 5.10 Å². The van der Waals surface area contributed by atoms with Gasteiger partial charge in [-0.3, -0.25) is 9.89 Å². The van der Waals surface area contributed by atoms with E-state index >= 15 is 0 Å². The fraction of sp³-hybridized carbons (Fsp3) is 0. The van der Waals surface area contributed by atoms with E-state index in [9.17, 15) is 4.79 Å². The zero-order chi connectivity index (χ0) is 18.2. The van der Waals surface area contributed by atoms with Crippen LogP contribution in [-0.2, 0) is 0 Å². The molecule has 7 heteroatoms. The van der Waals surface area contributed by atoms with Gasteiger partial charge in [0.05, 0.1) is 16.6 Å². The highest BCUT2D eigenvalue weighted by Crippen LogP contribution is 2.29. The molecule has 0 saturated carbocycles. The fourth-order valence-corrected chi connectivity index (χ4v) is 3.90. The summed E-state index contributed by atoms with van der Waals surface area (Å²) >= 11 is 1.47. The van der Waals surface area contributed by atoms with Crippen LogP contribution in [0.3, 0.4) is 0 Å². The maximum Gasteiger partial charge on any atom is 0.161 e. The van der Waals surface area contributed by atoms with E-state index in [1.807, 2.05) is 48.5 Å². The Labute approximate surface area is 157 Å². The summed E-state index contributed by atoms with van der Waals surface area (Å²) in [5.41, 5.74) is 2.83. The molecular formula is C20H13N5OS. The third kappa shape index (κ3) is 2.94. The number of benzene rings is 2. The Hall–Kier alpha value is -3.58. The number of nitrogens with zero attached hydrogens (tertiary/aromatic N) is 3. The highest BCUT2D eigenvalue weighted by Gasteiger charge is 2.07. The predicted molar refractivity (Wildman–Crippen MR) is 108 cm³/mol. The summed E-state index contributed by atoms with van der Waals surface area (Å²) in [5, 5.41) is 12.4. The number of carbonyl (C=O) groups excluding carboxylic acids is 1. The molecule has 0 aliphatic heterocycles. The smallest absolute Gasteiger partial charge is 0.161 e. The Morgan fingerprint density at radius 2 is 2.00 bits per heavy atom. The number of hydrogen-bond acceptors (Lipinski definition) is 6. The van der Waals surface area contributed by atoms with Gasteiger partial charge in [-0.25, -0.2) is 9.97 Å². The van der Waals surface area contributed by atoms with E-state index in [-0.39, 0.29) is 0 Å². The van der Waals surface area contributed by atoms with Gasteiger partial charge in [-0.15, -0.1) is 11.3 Å². The number of thiophene rings is 1. The number of aldehydes is 1. The fourth-order valence-electron chi connectivity index (χ4n) is 2.98. The van der Waals surface area contributed by atoms with Gasteiger partial charge >= 0.3 is 0 Å². The van der Waals surface area contributed by atoms with Crippen LogP contribution in [0, 0.1) is 0 Å². The van der Waals surface area contributed by atoms with Crippen molar-refractivity contribution in [3.8, 4) is 11.4 Å². The van der Waals surface area contributed by atoms with E-state index in [0.29, 0.717) is 16.5 Å². The predicted octanol–water partition coefficient (Wildman–Crippen LogP) is 4.79. The second-order valence-corrected chi connectivity index (χ2v) is 7.20. The molecule has 0 aliphatic rings. The van der Waals surface area contributed by atoms with Crippen LogP contribution in [0.2, 0.25) is 0 Å². The lowest BCUT2D eigenvalue weighted by Crippen LogP contribution is -1.96. The average molecular weight is 371 g/mol. The van der Waals surface area contributed by atoms with Crippen molar-refractivity contribution in [2.24, 2.45) is 0 Å². The van der Waals surface area contributed by atoms with Gasteiger partial charge in [0.1, 0.15) is 5.82 Å². The molecule has 3 aromatic heterocycles. The topological polar surface area (TPSA) is 83.6 Å². The molecule has 2 N–H and O–H groups in total. The minimum absolute atomic E-state index is 0.632. The Morgan fingerprint density at radius 3 is 2.93 bits per heavy atom. The Bertz CT molecular complexity index is 1290. The van der Waals surface area contributed by atoms with Gasteiger partial charge in [0.2, 0.25) is 0 Å². The molecule has 0 aliphatic carbocycles. The lowest BCUT2D eigenvalue weighted by molar-refractivity contribution is 0.112. The third-order valence-electron chi connectivity index (χ3n) is 4.28. The van der Waals surface area contributed by atoms with Crippen LogP contribution in [0.15, 0.2) is 60.9 Å². The van der Waals surface area contributed by atoms with E-state index in [2.05, 4.69) is 25.5 Å². The molecular weight excluding hydrogens is 358 g/mol. The molecule has 0 radical (unpaired) electrons. The molecule has 130 valence electrons. The second kappa shape index (κ2) is 6.30. The molecule has 5 rings (SSSR count). The first-order valence-corrected chi connectivity index (χ1v) is 9.12. The van der Waals surface area contributed by atoms with E-state index in [1.165, 1.54) is 11.3 Å². The number of aromatic amines is 1. The molecule has 0 bridgehead atoms. The van der Waals surface area contributed by atoms with Crippen molar-refractivity contribution in [2.75, 3.05) is 5.32 Å². The first-order chi connectivity index (χ1) is 13.3. The van der Waals surface area contributed by atoms with Crippen LogP contribution >= 0.6 is 11.3 Å². The van der Waals surface area contributed by atoms with Gasteiger partial charge < -0.3 is 5.32 Å². The quantitative estimate of drug-likeness (QED) is 0.444. The maximum absolute atomic E-state index is 11.0. The van der Waals surface area contributed by atoms with Crippen molar-refractivity contribution < 1.29 is 4.79 Å². The highest BCUT2D eigenvalue weighted by atomic mass is 32.1. The van der Waals surface area contributed by atoms with Crippen molar-refractivity contribution in [3.63, 3.8) is 0 Å². The maximum atomic E-state index is 11.0.